The lowest BCUT2D eigenvalue weighted by atomic mass is 10.2. The smallest absolute Gasteiger partial charge is 0.413 e. The van der Waals surface area contributed by atoms with Crippen LogP contribution < -0.4 is 5.32 Å². The summed E-state index contributed by atoms with van der Waals surface area (Å²) in [5, 5.41) is 4.83. The molecule has 2 rings (SSSR count). The number of nitrogens with zero attached hydrogens (tertiary/aromatic N) is 3. The van der Waals surface area contributed by atoms with Gasteiger partial charge in [-0.3, -0.25) is 10.1 Å². The van der Waals surface area contributed by atoms with Crippen LogP contribution in [0.2, 0.25) is 0 Å². The number of thiazole rings is 1. The number of likely N-dealkylation sites (N-methyl/N-ethyl adjacent to an activating group) is 1. The van der Waals surface area contributed by atoms with E-state index in [9.17, 15) is 9.59 Å². The van der Waals surface area contributed by atoms with Gasteiger partial charge in [0.05, 0.1) is 12.1 Å². The molecule has 2 amide bonds. The Balaban J connectivity index is 1.84. The van der Waals surface area contributed by atoms with Gasteiger partial charge in [0.15, 0.2) is 5.13 Å². The fourth-order valence-corrected chi connectivity index (χ4v) is 2.86. The van der Waals surface area contributed by atoms with Crippen molar-refractivity contribution in [1.29, 1.82) is 0 Å². The van der Waals surface area contributed by atoms with Gasteiger partial charge in [0.2, 0.25) is 5.91 Å². The molecule has 1 N–H and O–H groups in total. The number of nitrogens with one attached hydrogen (secondary N) is 1. The van der Waals surface area contributed by atoms with E-state index in [2.05, 4.69) is 22.2 Å². The van der Waals surface area contributed by atoms with Crippen LogP contribution in [0.4, 0.5) is 9.93 Å². The Hall–Kier alpha value is -1.67. The molecule has 1 aliphatic rings. The summed E-state index contributed by atoms with van der Waals surface area (Å²) in [6.45, 7) is 8.70. The average molecular weight is 340 g/mol. The highest BCUT2D eigenvalue weighted by molar-refractivity contribution is 7.13. The molecule has 0 saturated carbocycles. The van der Waals surface area contributed by atoms with Crippen molar-refractivity contribution in [2.24, 2.45) is 0 Å². The topological polar surface area (TPSA) is 74.8 Å². The lowest BCUT2D eigenvalue weighted by molar-refractivity contribution is -0.132. The Morgan fingerprint density at radius 2 is 1.96 bits per heavy atom. The Kier molecular flexibility index (Phi) is 5.59. The van der Waals surface area contributed by atoms with Gasteiger partial charge in [-0.1, -0.05) is 0 Å². The Morgan fingerprint density at radius 1 is 1.30 bits per heavy atom. The molecule has 0 unspecified atom stereocenters. The molecule has 1 aliphatic heterocycles. The zero-order valence-electron chi connectivity index (χ0n) is 14.1. The van der Waals surface area contributed by atoms with Crippen molar-refractivity contribution in [3.8, 4) is 0 Å². The molecule has 1 saturated heterocycles. The van der Waals surface area contributed by atoms with E-state index in [1.54, 1.807) is 26.2 Å². The van der Waals surface area contributed by atoms with E-state index in [-0.39, 0.29) is 12.3 Å². The summed E-state index contributed by atoms with van der Waals surface area (Å²) in [4.78, 5) is 32.3. The summed E-state index contributed by atoms with van der Waals surface area (Å²) in [5.41, 5.74) is 0.117. The number of ether oxygens (including phenoxy) is 1. The second kappa shape index (κ2) is 7.27. The van der Waals surface area contributed by atoms with E-state index < -0.39 is 11.7 Å². The van der Waals surface area contributed by atoms with Crippen LogP contribution in [-0.4, -0.2) is 65.6 Å². The molecule has 1 aromatic heterocycles. The van der Waals surface area contributed by atoms with Crippen molar-refractivity contribution < 1.29 is 14.3 Å². The lowest BCUT2D eigenvalue weighted by Crippen LogP contribution is -2.47. The number of piperazine rings is 1. The lowest BCUT2D eigenvalue weighted by Gasteiger charge is -2.32. The summed E-state index contributed by atoms with van der Waals surface area (Å²) in [6.07, 6.45) is -0.278. The highest BCUT2D eigenvalue weighted by Crippen LogP contribution is 2.18. The van der Waals surface area contributed by atoms with E-state index in [1.165, 1.54) is 11.3 Å². The van der Waals surface area contributed by atoms with E-state index in [0.717, 1.165) is 26.2 Å². The first-order valence-corrected chi connectivity index (χ1v) is 8.51. The van der Waals surface area contributed by atoms with Gasteiger partial charge in [-0.05, 0) is 27.8 Å². The second-order valence-electron chi connectivity index (χ2n) is 6.63. The third kappa shape index (κ3) is 5.80. The standard InChI is InChI=1S/C15H24N4O3S/c1-15(2,3)22-14(21)17-13-16-11(10-23-13)9-12(20)19-7-5-18(4)6-8-19/h10H,5-9H2,1-4H3,(H,16,17,21). The first-order valence-electron chi connectivity index (χ1n) is 7.64. The van der Waals surface area contributed by atoms with Crippen LogP contribution in [0.5, 0.6) is 0 Å². The number of aromatic nitrogens is 1. The molecule has 23 heavy (non-hydrogen) atoms. The van der Waals surface area contributed by atoms with Crippen molar-refractivity contribution in [1.82, 2.24) is 14.8 Å². The minimum atomic E-state index is -0.554. The first-order chi connectivity index (χ1) is 10.7. The van der Waals surface area contributed by atoms with Gasteiger partial charge in [0, 0.05) is 31.6 Å². The maximum Gasteiger partial charge on any atom is 0.413 e. The van der Waals surface area contributed by atoms with E-state index in [4.69, 9.17) is 4.74 Å². The molecule has 0 bridgehead atoms. The van der Waals surface area contributed by atoms with Gasteiger partial charge in [-0.2, -0.15) is 0 Å². The normalized spacial score (nSPS) is 16.3. The Bertz CT molecular complexity index is 559. The van der Waals surface area contributed by atoms with Gasteiger partial charge in [-0.25, -0.2) is 9.78 Å². The SMILES string of the molecule is CN1CCN(C(=O)Cc2csc(NC(=O)OC(C)(C)C)n2)CC1. The zero-order valence-corrected chi connectivity index (χ0v) is 14.9. The van der Waals surface area contributed by atoms with Crippen LogP contribution >= 0.6 is 11.3 Å². The van der Waals surface area contributed by atoms with Crippen molar-refractivity contribution >= 4 is 28.5 Å². The fraction of sp³-hybridized carbons (Fsp3) is 0.667. The monoisotopic (exact) mass is 340 g/mol. The van der Waals surface area contributed by atoms with Gasteiger partial charge < -0.3 is 14.5 Å². The summed E-state index contributed by atoms with van der Waals surface area (Å²) in [6, 6.07) is 0. The molecule has 0 radical (unpaired) electrons. The van der Waals surface area contributed by atoms with Gasteiger partial charge in [0.1, 0.15) is 5.60 Å². The quantitative estimate of drug-likeness (QED) is 0.908. The summed E-state index contributed by atoms with van der Waals surface area (Å²) in [5.74, 6) is 0.0761. The third-order valence-corrected chi connectivity index (χ3v) is 4.15. The predicted molar refractivity (Wildman–Crippen MR) is 89.8 cm³/mol. The van der Waals surface area contributed by atoms with Crippen LogP contribution in [0.3, 0.4) is 0 Å². The first kappa shape index (κ1) is 17.7. The van der Waals surface area contributed by atoms with Crippen molar-refractivity contribution in [2.45, 2.75) is 32.8 Å². The highest BCUT2D eigenvalue weighted by Gasteiger charge is 2.21. The molecular formula is C15H24N4O3S. The van der Waals surface area contributed by atoms with Gasteiger partial charge in [0.25, 0.3) is 0 Å². The second-order valence-corrected chi connectivity index (χ2v) is 7.49. The van der Waals surface area contributed by atoms with Crippen LogP contribution in [0.1, 0.15) is 26.5 Å². The van der Waals surface area contributed by atoms with Crippen molar-refractivity contribution in [2.75, 3.05) is 38.5 Å². The third-order valence-electron chi connectivity index (χ3n) is 3.35. The number of hydrogen-bond acceptors (Lipinski definition) is 6. The molecule has 7 nitrogen and oxygen atoms in total. The minimum Gasteiger partial charge on any atom is -0.444 e. The van der Waals surface area contributed by atoms with E-state index in [1.807, 2.05) is 4.90 Å². The van der Waals surface area contributed by atoms with Crippen LogP contribution in [0.15, 0.2) is 5.38 Å². The number of carbonyl (C=O) groups excluding carboxylic acids is 2. The number of carbonyl (C=O) groups is 2. The molecule has 0 aromatic carbocycles. The van der Waals surface area contributed by atoms with Crippen molar-refractivity contribution in [3.63, 3.8) is 0 Å². The summed E-state index contributed by atoms with van der Waals surface area (Å²) < 4.78 is 5.17. The molecule has 0 aliphatic carbocycles. The molecule has 1 fully saturated rings. The largest absolute Gasteiger partial charge is 0.444 e. The van der Waals surface area contributed by atoms with Crippen LogP contribution in [-0.2, 0) is 16.0 Å². The van der Waals surface area contributed by atoms with E-state index in [0.29, 0.717) is 10.8 Å². The fourth-order valence-electron chi connectivity index (χ4n) is 2.16. The molecule has 1 aromatic rings. The Morgan fingerprint density at radius 3 is 2.57 bits per heavy atom. The predicted octanol–water partition coefficient (Wildman–Crippen LogP) is 1.81. The summed E-state index contributed by atoms with van der Waals surface area (Å²) >= 11 is 1.29. The number of amides is 2. The van der Waals surface area contributed by atoms with Crippen LogP contribution in [0, 0.1) is 0 Å². The van der Waals surface area contributed by atoms with Crippen molar-refractivity contribution in [3.05, 3.63) is 11.1 Å². The molecule has 8 heteroatoms. The molecule has 128 valence electrons. The number of rotatable bonds is 3. The highest BCUT2D eigenvalue weighted by atomic mass is 32.1. The zero-order chi connectivity index (χ0) is 17.0. The molecule has 2 heterocycles. The van der Waals surface area contributed by atoms with Gasteiger partial charge in [-0.15, -0.1) is 11.3 Å². The van der Waals surface area contributed by atoms with E-state index >= 15 is 0 Å². The number of anilines is 1. The molecular weight excluding hydrogens is 316 g/mol. The molecule has 0 spiro atoms. The Labute approximate surface area is 140 Å². The minimum absolute atomic E-state index is 0.0761. The number of hydrogen-bond donors (Lipinski definition) is 1. The maximum absolute atomic E-state index is 12.3. The van der Waals surface area contributed by atoms with Crippen LogP contribution in [0.25, 0.3) is 0 Å². The maximum atomic E-state index is 12.3. The average Bonchev–Trinajstić information content (AvgIpc) is 2.84. The van der Waals surface area contributed by atoms with Gasteiger partial charge >= 0.3 is 6.09 Å². The molecule has 0 atom stereocenters. The summed E-state index contributed by atoms with van der Waals surface area (Å²) in [7, 11) is 2.05.